The van der Waals surface area contributed by atoms with Crippen LogP contribution in [0.5, 0.6) is 5.75 Å². The highest BCUT2D eigenvalue weighted by Crippen LogP contribution is 2.48. The van der Waals surface area contributed by atoms with Crippen molar-refractivity contribution in [2.24, 2.45) is 5.92 Å². The average molecular weight is 1220 g/mol. The van der Waals surface area contributed by atoms with E-state index in [1.165, 1.54) is 7.11 Å². The monoisotopic (exact) mass is 1220 g/mol. The Morgan fingerprint density at radius 3 is 2.30 bits per heavy atom. The van der Waals surface area contributed by atoms with Crippen LogP contribution in [0, 0.1) is 31.1 Å². The van der Waals surface area contributed by atoms with Gasteiger partial charge >= 0.3 is 5.97 Å². The molecule has 4 aromatic rings. The molecular formula is C66H94N11O9P. The maximum Gasteiger partial charge on any atom is 0.306 e. The zero-order valence-corrected chi connectivity index (χ0v) is 53.5. The number of carbonyl (C=O) groups is 5. The molecule has 20 nitrogen and oxygen atoms in total. The lowest BCUT2D eigenvalue weighted by Gasteiger charge is -2.37. The second kappa shape index (κ2) is 33.2. The van der Waals surface area contributed by atoms with Gasteiger partial charge in [-0.3, -0.25) is 28.9 Å². The number of nitrogens with zero attached hydrogens (tertiary/aromatic N) is 10. The summed E-state index contributed by atoms with van der Waals surface area (Å²) in [6.07, 6.45) is 9.55. The number of esters is 1. The van der Waals surface area contributed by atoms with E-state index >= 15 is 0 Å². The van der Waals surface area contributed by atoms with Gasteiger partial charge < -0.3 is 43.4 Å². The largest absolute Gasteiger partial charge is 0.484 e. The van der Waals surface area contributed by atoms with Gasteiger partial charge in [-0.1, -0.05) is 30.7 Å². The third-order valence-electron chi connectivity index (χ3n) is 17.0. The molecule has 3 saturated heterocycles. The summed E-state index contributed by atoms with van der Waals surface area (Å²) in [7, 11) is 0.0852. The van der Waals surface area contributed by atoms with E-state index in [4.69, 9.17) is 33.9 Å². The minimum absolute atomic E-state index is 0.0389. The van der Waals surface area contributed by atoms with Crippen LogP contribution >= 0.6 is 8.53 Å². The molecule has 0 radical (unpaired) electrons. The van der Waals surface area contributed by atoms with Crippen LogP contribution in [-0.4, -0.2) is 174 Å². The summed E-state index contributed by atoms with van der Waals surface area (Å²) in [5.41, 5.74) is 6.96. The summed E-state index contributed by atoms with van der Waals surface area (Å²) in [4.78, 5) is 81.5. The molecule has 0 bridgehead atoms. The van der Waals surface area contributed by atoms with Crippen LogP contribution < -0.4 is 19.9 Å². The van der Waals surface area contributed by atoms with Crippen molar-refractivity contribution >= 4 is 49.6 Å². The minimum Gasteiger partial charge on any atom is -0.484 e. The first-order chi connectivity index (χ1) is 42.0. The molecule has 472 valence electrons. The number of anilines is 2. The lowest BCUT2D eigenvalue weighted by atomic mass is 9.93. The summed E-state index contributed by atoms with van der Waals surface area (Å²) < 4.78 is 27.8. The fraction of sp³-hybridized carbons (Fsp3) is 0.606. The fourth-order valence-electron chi connectivity index (χ4n) is 12.5. The third kappa shape index (κ3) is 19.5. The molecule has 4 aliphatic rings. The van der Waals surface area contributed by atoms with Gasteiger partial charge in [-0.2, -0.15) is 10.4 Å². The normalized spacial score (nSPS) is 17.9. The van der Waals surface area contributed by atoms with Crippen molar-refractivity contribution in [1.29, 1.82) is 5.26 Å². The van der Waals surface area contributed by atoms with Crippen LogP contribution in [0.25, 0.3) is 5.69 Å². The molecule has 1 unspecified atom stereocenters. The van der Waals surface area contributed by atoms with Gasteiger partial charge in [0, 0.05) is 120 Å². The van der Waals surface area contributed by atoms with E-state index in [2.05, 4.69) is 89.9 Å². The van der Waals surface area contributed by atoms with Crippen molar-refractivity contribution in [3.63, 3.8) is 0 Å². The number of unbranched alkanes of at least 4 members (excludes halogenated alkanes) is 2. The number of methoxy groups -OCH3 is 1. The van der Waals surface area contributed by atoms with E-state index in [1.807, 2.05) is 58.7 Å². The molecule has 87 heavy (non-hydrogen) atoms. The number of nitrogens with one attached hydrogen (secondary N) is 1. The topological polar surface area (TPSA) is 208 Å². The van der Waals surface area contributed by atoms with Crippen LogP contribution in [0.2, 0.25) is 0 Å². The molecule has 8 rings (SSSR count). The molecule has 2 aromatic carbocycles. The maximum atomic E-state index is 13.5. The molecule has 2 aromatic heterocycles. The second-order valence-electron chi connectivity index (χ2n) is 24.4. The number of benzene rings is 2. The number of nitriles is 1. The number of hydrogen-bond acceptors (Lipinski definition) is 15. The van der Waals surface area contributed by atoms with Gasteiger partial charge in [0.15, 0.2) is 6.61 Å². The number of pyridine rings is 1. The van der Waals surface area contributed by atoms with Crippen LogP contribution in [-0.2, 0) is 50.6 Å². The molecule has 4 aliphatic heterocycles. The number of aromatic nitrogens is 3. The molecule has 21 heteroatoms. The minimum atomic E-state index is -1.36. The molecule has 0 saturated carbocycles. The number of amides is 4. The Morgan fingerprint density at radius 1 is 0.805 bits per heavy atom. The zero-order valence-electron chi connectivity index (χ0n) is 52.6. The number of ether oxygens (including phenoxy) is 2. The predicted octanol–water partition coefficient (Wildman–Crippen LogP) is 9.23. The summed E-state index contributed by atoms with van der Waals surface area (Å²) in [6, 6.07) is 24.8. The number of aryl methyl sites for hydroxylation is 4. The van der Waals surface area contributed by atoms with Gasteiger partial charge in [0.25, 0.3) is 14.4 Å². The number of para-hydroxylation sites is 1. The predicted molar refractivity (Wildman–Crippen MR) is 338 cm³/mol. The molecule has 4 amide bonds. The van der Waals surface area contributed by atoms with Crippen molar-refractivity contribution in [3.8, 4) is 17.5 Å². The Morgan fingerprint density at radius 2 is 1.56 bits per heavy atom. The third-order valence-corrected chi connectivity index (χ3v) is 19.2. The van der Waals surface area contributed by atoms with E-state index in [1.54, 1.807) is 4.90 Å². The standard InChI is InChI=1S/C66H94N11O9P/c1-48(2)77(49(3)4)87(85-38-16-29-67)86-60-28-33-74(46-60)63(80)21-12-9-13-30-68-61(78)20-14-22-62(79)73-36-34-72(35-37-73)57-40-54(41-58(43-57)76-51(6)39-50(5)70-76)55(42-65(82)83-7)45-71-32-27-52(44-71)23-25-56-26-24-53-17-15-31-75(66(53)69-56)64(81)47-84-59-18-10-8-11-19-59/h8,10-11,18-19,24,26,39-41,43,48-49,52,55,60H,9,12-17,20-23,25,27-28,30-38,42,44-47H2,1-7H3,(H,68,78)/t52-,55+,60-,87?/m1/s1. The van der Waals surface area contributed by atoms with E-state index in [0.29, 0.717) is 103 Å². The van der Waals surface area contributed by atoms with Crippen LogP contribution in [0.3, 0.4) is 0 Å². The van der Waals surface area contributed by atoms with Gasteiger partial charge in [0.05, 0.1) is 50.1 Å². The van der Waals surface area contributed by atoms with Crippen LogP contribution in [0.15, 0.2) is 66.7 Å². The Hall–Kier alpha value is -6.49. The van der Waals surface area contributed by atoms with E-state index in [-0.39, 0.29) is 73.2 Å². The highest BCUT2D eigenvalue weighted by Gasteiger charge is 2.35. The molecule has 4 atom stereocenters. The Bertz CT molecular complexity index is 2940. The highest BCUT2D eigenvalue weighted by atomic mass is 31.2. The fourth-order valence-corrected chi connectivity index (χ4v) is 14.2. The molecule has 0 aliphatic carbocycles. The van der Waals surface area contributed by atoms with Crippen molar-refractivity contribution in [3.05, 3.63) is 94.9 Å². The van der Waals surface area contributed by atoms with Gasteiger partial charge in [0.2, 0.25) is 17.7 Å². The molecule has 0 spiro atoms. The van der Waals surface area contributed by atoms with E-state index < -0.39 is 8.53 Å². The second-order valence-corrected chi connectivity index (χ2v) is 25.8. The number of likely N-dealkylation sites (tertiary alicyclic amines) is 2. The summed E-state index contributed by atoms with van der Waals surface area (Å²) >= 11 is 0. The Labute approximate surface area is 517 Å². The summed E-state index contributed by atoms with van der Waals surface area (Å²) in [5, 5.41) is 16.9. The SMILES string of the molecule is COC(=O)C[C@@H](CN1CC[C@@H](CCc2ccc3c(n2)N(C(=O)COc2ccccc2)CCC3)C1)c1cc(N2CCN(C(=O)CCCC(=O)NCCCCCC(=O)N3CC[C@@H](OP(OCCC#N)N(C(C)C)C(C)C)C3)CC2)cc(-n2nc(C)cc2C)c1. The smallest absolute Gasteiger partial charge is 0.306 e. The van der Waals surface area contributed by atoms with Crippen molar-refractivity contribution < 1.29 is 42.5 Å². The van der Waals surface area contributed by atoms with Crippen molar-refractivity contribution in [2.45, 2.75) is 162 Å². The first-order valence-electron chi connectivity index (χ1n) is 31.8. The van der Waals surface area contributed by atoms with E-state index in [9.17, 15) is 24.0 Å². The van der Waals surface area contributed by atoms with Crippen molar-refractivity contribution in [2.75, 3.05) is 102 Å². The van der Waals surface area contributed by atoms with Gasteiger partial charge in [0.1, 0.15) is 11.6 Å². The quantitative estimate of drug-likeness (QED) is 0.0283. The van der Waals surface area contributed by atoms with Gasteiger partial charge in [-0.25, -0.2) is 14.3 Å². The Kier molecular flexibility index (Phi) is 25.4. The molecule has 1 N–H and O–H groups in total. The number of rotatable bonds is 31. The highest BCUT2D eigenvalue weighted by molar-refractivity contribution is 7.44. The molecular weight excluding hydrogens is 1120 g/mol. The van der Waals surface area contributed by atoms with E-state index in [0.717, 1.165) is 116 Å². The Balaban J connectivity index is 0.773. The van der Waals surface area contributed by atoms with Gasteiger partial charge in [-0.05, 0) is 165 Å². The lowest BCUT2D eigenvalue weighted by Crippen LogP contribution is -2.48. The number of hydrogen-bond donors (Lipinski definition) is 1. The summed E-state index contributed by atoms with van der Waals surface area (Å²) in [6.45, 7) is 19.9. The first-order valence-corrected chi connectivity index (χ1v) is 33.0. The van der Waals surface area contributed by atoms with Crippen LogP contribution in [0.1, 0.15) is 145 Å². The van der Waals surface area contributed by atoms with Crippen molar-refractivity contribution in [1.82, 2.24) is 39.5 Å². The molecule has 6 heterocycles. The van der Waals surface area contributed by atoms with Gasteiger partial charge in [-0.15, -0.1) is 0 Å². The maximum absolute atomic E-state index is 13.5. The average Bonchev–Trinajstić information content (AvgIpc) is 2.44. The first kappa shape index (κ1) is 66.5. The lowest BCUT2D eigenvalue weighted by molar-refractivity contribution is -0.141. The summed E-state index contributed by atoms with van der Waals surface area (Å²) in [5.74, 6) is 1.46. The van der Waals surface area contributed by atoms with Crippen LogP contribution in [0.4, 0.5) is 11.5 Å². The zero-order chi connectivity index (χ0) is 61.8. The number of fused-ring (bicyclic) bond motifs is 1. The number of carbonyl (C=O) groups excluding carboxylic acids is 5. The number of piperazine rings is 1. The molecule has 3 fully saturated rings.